The molecular formula is C21H32BNO4Si. The van der Waals surface area contributed by atoms with Gasteiger partial charge in [-0.3, -0.25) is 4.98 Å². The fourth-order valence-electron chi connectivity index (χ4n) is 2.57. The third-order valence-electron chi connectivity index (χ3n) is 5.36. The Hall–Kier alpha value is -1.67. The molecule has 0 bridgehead atoms. The molecule has 0 aliphatic rings. The summed E-state index contributed by atoms with van der Waals surface area (Å²) in [5.41, 5.74) is 1.63. The van der Waals surface area contributed by atoms with Gasteiger partial charge >= 0.3 is 7.12 Å². The van der Waals surface area contributed by atoms with E-state index in [0.29, 0.717) is 17.8 Å². The van der Waals surface area contributed by atoms with Crippen LogP contribution in [-0.2, 0) is 10.8 Å². The molecule has 0 amide bonds. The number of hydrogen-bond donors (Lipinski definition) is 2. The average molecular weight is 401 g/mol. The first-order chi connectivity index (χ1) is 13.1. The molecule has 0 radical (unpaired) electrons. The zero-order chi connectivity index (χ0) is 20.8. The van der Waals surface area contributed by atoms with E-state index in [-0.39, 0.29) is 11.1 Å². The molecule has 0 spiro atoms. The van der Waals surface area contributed by atoms with Gasteiger partial charge in [-0.25, -0.2) is 0 Å². The summed E-state index contributed by atoms with van der Waals surface area (Å²) in [5.74, 6) is 0.689. The minimum absolute atomic E-state index is 0.0239. The van der Waals surface area contributed by atoms with Crippen molar-refractivity contribution in [3.05, 3.63) is 54.4 Å². The van der Waals surface area contributed by atoms with Crippen molar-refractivity contribution in [1.29, 1.82) is 0 Å². The summed E-state index contributed by atoms with van der Waals surface area (Å²) >= 11 is 0. The highest BCUT2D eigenvalue weighted by Gasteiger charge is 2.39. The SMILES string of the molecule is CC(C)(C)[Si](C)(C)OC(CCc1cccnc1)COc1ccc(B(O)O)cc1. The highest BCUT2D eigenvalue weighted by atomic mass is 28.4. The van der Waals surface area contributed by atoms with Crippen molar-refractivity contribution in [3.63, 3.8) is 0 Å². The zero-order valence-electron chi connectivity index (χ0n) is 17.6. The van der Waals surface area contributed by atoms with Crippen LogP contribution < -0.4 is 10.2 Å². The van der Waals surface area contributed by atoms with Gasteiger partial charge in [0.05, 0.1) is 6.10 Å². The Kier molecular flexibility index (Phi) is 7.83. The van der Waals surface area contributed by atoms with E-state index in [1.807, 2.05) is 12.3 Å². The fourth-order valence-corrected chi connectivity index (χ4v) is 3.94. The average Bonchev–Trinajstić information content (AvgIpc) is 2.64. The fraction of sp³-hybridized carbons (Fsp3) is 0.476. The summed E-state index contributed by atoms with van der Waals surface area (Å²) in [5, 5.41) is 18.5. The molecule has 1 aromatic carbocycles. The lowest BCUT2D eigenvalue weighted by Gasteiger charge is -2.39. The van der Waals surface area contributed by atoms with E-state index in [1.165, 1.54) is 5.56 Å². The first-order valence-electron chi connectivity index (χ1n) is 9.74. The third-order valence-corrected chi connectivity index (χ3v) is 9.89. The molecule has 5 nitrogen and oxygen atoms in total. The van der Waals surface area contributed by atoms with Gasteiger partial charge in [-0.1, -0.05) is 39.0 Å². The first-order valence-corrected chi connectivity index (χ1v) is 12.6. The van der Waals surface area contributed by atoms with Crippen molar-refractivity contribution in [3.8, 4) is 5.75 Å². The van der Waals surface area contributed by atoms with Crippen molar-refractivity contribution in [1.82, 2.24) is 4.98 Å². The molecule has 2 aromatic rings. The van der Waals surface area contributed by atoms with Crippen LogP contribution in [0.2, 0.25) is 18.1 Å². The zero-order valence-corrected chi connectivity index (χ0v) is 18.6. The van der Waals surface area contributed by atoms with Crippen molar-refractivity contribution in [2.24, 2.45) is 0 Å². The predicted octanol–water partition coefficient (Wildman–Crippen LogP) is 3.16. The maximum Gasteiger partial charge on any atom is 0.488 e. The largest absolute Gasteiger partial charge is 0.491 e. The van der Waals surface area contributed by atoms with Gasteiger partial charge in [-0.2, -0.15) is 0 Å². The summed E-state index contributed by atoms with van der Waals surface area (Å²) in [7, 11) is -3.40. The number of aryl methyl sites for hydroxylation is 1. The molecule has 1 heterocycles. The van der Waals surface area contributed by atoms with Crippen molar-refractivity contribution in [2.75, 3.05) is 6.61 Å². The van der Waals surface area contributed by atoms with Gasteiger partial charge in [-0.05, 0) is 60.2 Å². The van der Waals surface area contributed by atoms with Crippen molar-refractivity contribution >= 4 is 20.9 Å². The van der Waals surface area contributed by atoms with Gasteiger partial charge in [-0.15, -0.1) is 0 Å². The molecular weight excluding hydrogens is 369 g/mol. The van der Waals surface area contributed by atoms with Crippen LogP contribution in [0.15, 0.2) is 48.8 Å². The van der Waals surface area contributed by atoms with Gasteiger partial charge in [0.1, 0.15) is 12.4 Å². The standard InChI is InChI=1S/C21H32BNO4Si/c1-21(2,3)28(4,5)27-20(11-8-17-7-6-14-23-15-17)16-26-19-12-9-18(10-13-19)22(24)25/h6-7,9-10,12-15,20,24-25H,8,11,16H2,1-5H3. The molecule has 2 rings (SSSR count). The Balaban J connectivity index is 2.04. The first kappa shape index (κ1) is 22.6. The summed E-state index contributed by atoms with van der Waals surface area (Å²) in [4.78, 5) is 4.19. The topological polar surface area (TPSA) is 71.8 Å². The molecule has 0 saturated heterocycles. The second-order valence-corrected chi connectivity index (χ2v) is 13.4. The monoisotopic (exact) mass is 401 g/mol. The molecule has 28 heavy (non-hydrogen) atoms. The second kappa shape index (κ2) is 9.69. The summed E-state index contributed by atoms with van der Waals surface area (Å²) in [6.07, 6.45) is 5.38. The van der Waals surface area contributed by atoms with E-state index < -0.39 is 15.4 Å². The molecule has 1 aromatic heterocycles. The molecule has 152 valence electrons. The van der Waals surface area contributed by atoms with Crippen molar-refractivity contribution < 1.29 is 19.2 Å². The maximum atomic E-state index is 9.21. The van der Waals surface area contributed by atoms with Crippen molar-refractivity contribution in [2.45, 2.75) is 57.8 Å². The van der Waals surface area contributed by atoms with E-state index in [9.17, 15) is 10.0 Å². The minimum atomic E-state index is -1.93. The van der Waals surface area contributed by atoms with Crippen LogP contribution in [0.4, 0.5) is 0 Å². The quantitative estimate of drug-likeness (QED) is 0.632. The Morgan fingerprint density at radius 2 is 1.79 bits per heavy atom. The molecule has 0 aliphatic carbocycles. The number of hydrogen-bond acceptors (Lipinski definition) is 5. The molecule has 0 aliphatic heterocycles. The molecule has 2 N–H and O–H groups in total. The van der Waals surface area contributed by atoms with E-state index in [2.05, 4.69) is 44.9 Å². The van der Waals surface area contributed by atoms with E-state index in [0.717, 1.165) is 12.8 Å². The van der Waals surface area contributed by atoms with E-state index in [1.54, 1.807) is 30.5 Å². The molecule has 0 saturated carbocycles. The predicted molar refractivity (Wildman–Crippen MR) is 116 cm³/mol. The van der Waals surface area contributed by atoms with Crippen LogP contribution in [0.1, 0.15) is 32.8 Å². The van der Waals surface area contributed by atoms with E-state index >= 15 is 0 Å². The van der Waals surface area contributed by atoms with Gasteiger partial charge in [0.2, 0.25) is 0 Å². The smallest absolute Gasteiger partial charge is 0.488 e. The van der Waals surface area contributed by atoms with Gasteiger partial charge in [0.25, 0.3) is 0 Å². The van der Waals surface area contributed by atoms with Gasteiger partial charge in [0.15, 0.2) is 8.32 Å². The van der Waals surface area contributed by atoms with Crippen LogP contribution in [-0.4, -0.2) is 43.2 Å². The van der Waals surface area contributed by atoms with Crippen LogP contribution in [0.25, 0.3) is 0 Å². The Labute approximate surface area is 170 Å². The van der Waals surface area contributed by atoms with Crippen LogP contribution in [0.3, 0.4) is 0 Å². The molecule has 1 unspecified atom stereocenters. The van der Waals surface area contributed by atoms with Gasteiger partial charge in [0, 0.05) is 12.4 Å². The lowest BCUT2D eigenvalue weighted by molar-refractivity contribution is 0.108. The van der Waals surface area contributed by atoms with Gasteiger partial charge < -0.3 is 19.2 Å². The maximum absolute atomic E-state index is 9.21. The summed E-state index contributed by atoms with van der Waals surface area (Å²) < 4.78 is 12.6. The minimum Gasteiger partial charge on any atom is -0.491 e. The van der Waals surface area contributed by atoms with Crippen LogP contribution in [0.5, 0.6) is 5.75 Å². The van der Waals surface area contributed by atoms with Crippen LogP contribution in [0, 0.1) is 0 Å². The summed E-state index contributed by atoms with van der Waals surface area (Å²) in [6.45, 7) is 11.7. The lowest BCUT2D eigenvalue weighted by Crippen LogP contribution is -2.45. The number of pyridine rings is 1. The number of ether oxygens (including phenoxy) is 1. The second-order valence-electron chi connectivity index (χ2n) is 8.65. The molecule has 0 fully saturated rings. The third kappa shape index (κ3) is 6.74. The number of nitrogens with zero attached hydrogens (tertiary/aromatic N) is 1. The number of benzene rings is 1. The number of rotatable bonds is 9. The highest BCUT2D eigenvalue weighted by molar-refractivity contribution is 6.74. The molecule has 7 heteroatoms. The highest BCUT2D eigenvalue weighted by Crippen LogP contribution is 2.37. The number of aromatic nitrogens is 1. The lowest BCUT2D eigenvalue weighted by atomic mass is 9.80. The Morgan fingerprint density at radius 3 is 2.32 bits per heavy atom. The molecule has 1 atom stereocenters. The Morgan fingerprint density at radius 1 is 1.11 bits per heavy atom. The van der Waals surface area contributed by atoms with Crippen LogP contribution >= 0.6 is 0 Å². The Bertz CT molecular complexity index is 717. The normalized spacial score (nSPS) is 13.2. The van der Waals surface area contributed by atoms with E-state index in [4.69, 9.17) is 9.16 Å². The summed E-state index contributed by atoms with van der Waals surface area (Å²) in [6, 6.07) is 10.8.